The predicted octanol–water partition coefficient (Wildman–Crippen LogP) is 0.373. The maximum Gasteiger partial charge on any atom is 0.0932 e. The topological polar surface area (TPSA) is 56.5 Å². The molecule has 1 rings (SSSR count). The number of rotatable bonds is 5. The van der Waals surface area contributed by atoms with Gasteiger partial charge < -0.3 is 9.84 Å². The third kappa shape index (κ3) is 4.05. The Hall–Kier alpha value is -0.630. The SMILES string of the molecule is N#CCCCCN1CCOC(CO)C1. The van der Waals surface area contributed by atoms with Crippen LogP contribution in [0.4, 0.5) is 0 Å². The molecule has 1 atom stereocenters. The summed E-state index contributed by atoms with van der Waals surface area (Å²) in [6.07, 6.45) is 2.66. The monoisotopic (exact) mass is 198 g/mol. The average molecular weight is 198 g/mol. The summed E-state index contributed by atoms with van der Waals surface area (Å²) in [6.45, 7) is 3.60. The zero-order chi connectivity index (χ0) is 10.2. The Kier molecular flexibility index (Phi) is 5.53. The van der Waals surface area contributed by atoms with Crippen molar-refractivity contribution in [1.82, 2.24) is 4.90 Å². The quantitative estimate of drug-likeness (QED) is 0.649. The molecule has 0 bridgehead atoms. The minimum atomic E-state index is -0.0142. The molecule has 1 heterocycles. The molecule has 1 saturated heterocycles. The van der Waals surface area contributed by atoms with Crippen molar-refractivity contribution >= 4 is 0 Å². The summed E-state index contributed by atoms with van der Waals surface area (Å²) in [5, 5.41) is 17.3. The van der Waals surface area contributed by atoms with E-state index >= 15 is 0 Å². The highest BCUT2D eigenvalue weighted by atomic mass is 16.5. The van der Waals surface area contributed by atoms with E-state index in [0.717, 1.165) is 32.5 Å². The third-order valence-electron chi connectivity index (χ3n) is 2.44. The van der Waals surface area contributed by atoms with E-state index in [1.807, 2.05) is 0 Å². The first-order valence-corrected chi connectivity index (χ1v) is 5.18. The normalized spacial score (nSPS) is 23.3. The molecule has 0 aromatic rings. The van der Waals surface area contributed by atoms with Crippen molar-refractivity contribution < 1.29 is 9.84 Å². The molecule has 0 aliphatic carbocycles. The average Bonchev–Trinajstić information content (AvgIpc) is 2.25. The summed E-state index contributed by atoms with van der Waals surface area (Å²) in [6, 6.07) is 2.14. The van der Waals surface area contributed by atoms with E-state index in [2.05, 4.69) is 11.0 Å². The van der Waals surface area contributed by atoms with Crippen LogP contribution in [-0.4, -0.2) is 49.0 Å². The number of ether oxygens (including phenoxy) is 1. The molecule has 1 fully saturated rings. The van der Waals surface area contributed by atoms with E-state index in [1.54, 1.807) is 0 Å². The van der Waals surface area contributed by atoms with Crippen LogP contribution in [-0.2, 0) is 4.74 Å². The van der Waals surface area contributed by atoms with E-state index in [4.69, 9.17) is 15.1 Å². The van der Waals surface area contributed by atoms with Crippen LogP contribution >= 0.6 is 0 Å². The van der Waals surface area contributed by atoms with Gasteiger partial charge in [0, 0.05) is 19.5 Å². The molecular formula is C10H18N2O2. The molecule has 1 aliphatic heterocycles. The third-order valence-corrected chi connectivity index (χ3v) is 2.44. The zero-order valence-electron chi connectivity index (χ0n) is 8.48. The Balaban J connectivity index is 2.08. The number of aliphatic hydroxyl groups excluding tert-OH is 1. The Labute approximate surface area is 85.1 Å². The molecular weight excluding hydrogens is 180 g/mol. The fourth-order valence-electron chi connectivity index (χ4n) is 1.63. The first kappa shape index (κ1) is 11.4. The molecule has 0 aromatic carbocycles. The van der Waals surface area contributed by atoms with Gasteiger partial charge in [-0.25, -0.2) is 0 Å². The molecule has 1 N–H and O–H groups in total. The van der Waals surface area contributed by atoms with Crippen LogP contribution in [0.15, 0.2) is 0 Å². The van der Waals surface area contributed by atoms with Gasteiger partial charge in [-0.05, 0) is 19.4 Å². The van der Waals surface area contributed by atoms with Gasteiger partial charge in [0.1, 0.15) is 0 Å². The van der Waals surface area contributed by atoms with E-state index in [0.29, 0.717) is 13.0 Å². The lowest BCUT2D eigenvalue weighted by atomic mass is 10.2. The lowest BCUT2D eigenvalue weighted by Gasteiger charge is -2.31. The van der Waals surface area contributed by atoms with Gasteiger partial charge >= 0.3 is 0 Å². The van der Waals surface area contributed by atoms with E-state index in [-0.39, 0.29) is 12.7 Å². The molecule has 1 aliphatic rings. The maximum atomic E-state index is 8.92. The molecule has 1 unspecified atom stereocenters. The predicted molar refractivity (Wildman–Crippen MR) is 52.7 cm³/mol. The number of hydrogen-bond donors (Lipinski definition) is 1. The van der Waals surface area contributed by atoms with E-state index < -0.39 is 0 Å². The van der Waals surface area contributed by atoms with Crippen molar-refractivity contribution in [3.8, 4) is 6.07 Å². The second-order valence-corrected chi connectivity index (χ2v) is 3.59. The molecule has 80 valence electrons. The van der Waals surface area contributed by atoms with Crippen molar-refractivity contribution in [2.24, 2.45) is 0 Å². The van der Waals surface area contributed by atoms with Crippen molar-refractivity contribution in [2.45, 2.75) is 25.4 Å². The Morgan fingerprint density at radius 2 is 2.36 bits per heavy atom. The lowest BCUT2D eigenvalue weighted by Crippen LogP contribution is -2.44. The van der Waals surface area contributed by atoms with Gasteiger partial charge in [0.05, 0.1) is 25.4 Å². The highest BCUT2D eigenvalue weighted by Crippen LogP contribution is 2.06. The summed E-state index contributed by atoms with van der Waals surface area (Å²) in [5.74, 6) is 0. The number of nitriles is 1. The van der Waals surface area contributed by atoms with Gasteiger partial charge in [0.2, 0.25) is 0 Å². The van der Waals surface area contributed by atoms with Crippen molar-refractivity contribution in [3.63, 3.8) is 0 Å². The first-order valence-electron chi connectivity index (χ1n) is 5.18. The van der Waals surface area contributed by atoms with Gasteiger partial charge in [0.25, 0.3) is 0 Å². The molecule has 14 heavy (non-hydrogen) atoms. The van der Waals surface area contributed by atoms with Crippen LogP contribution in [0.1, 0.15) is 19.3 Å². The number of unbranched alkanes of at least 4 members (excludes halogenated alkanes) is 2. The van der Waals surface area contributed by atoms with Crippen LogP contribution in [0, 0.1) is 11.3 Å². The minimum Gasteiger partial charge on any atom is -0.394 e. The zero-order valence-corrected chi connectivity index (χ0v) is 8.48. The Bertz CT molecular complexity index is 191. The van der Waals surface area contributed by atoms with Gasteiger partial charge in [-0.15, -0.1) is 0 Å². The van der Waals surface area contributed by atoms with E-state index in [9.17, 15) is 0 Å². The van der Waals surface area contributed by atoms with E-state index in [1.165, 1.54) is 0 Å². The largest absolute Gasteiger partial charge is 0.394 e. The summed E-state index contributed by atoms with van der Waals surface area (Å²) in [5.41, 5.74) is 0. The summed E-state index contributed by atoms with van der Waals surface area (Å²) in [4.78, 5) is 2.29. The second kappa shape index (κ2) is 6.77. The van der Waals surface area contributed by atoms with Gasteiger partial charge in [-0.1, -0.05) is 0 Å². The molecule has 0 saturated carbocycles. The molecule has 0 spiro atoms. The van der Waals surface area contributed by atoms with Gasteiger partial charge in [-0.2, -0.15) is 5.26 Å². The van der Waals surface area contributed by atoms with Crippen molar-refractivity contribution in [1.29, 1.82) is 5.26 Å². The van der Waals surface area contributed by atoms with Crippen LogP contribution < -0.4 is 0 Å². The van der Waals surface area contributed by atoms with Gasteiger partial charge in [0.15, 0.2) is 0 Å². The van der Waals surface area contributed by atoms with Crippen molar-refractivity contribution in [3.05, 3.63) is 0 Å². The number of morpholine rings is 1. The molecule has 0 amide bonds. The van der Waals surface area contributed by atoms with Crippen LogP contribution in [0.25, 0.3) is 0 Å². The number of hydrogen-bond acceptors (Lipinski definition) is 4. The number of nitrogens with zero attached hydrogens (tertiary/aromatic N) is 2. The molecule has 4 nitrogen and oxygen atoms in total. The summed E-state index contributed by atoms with van der Waals surface area (Å²) < 4.78 is 5.34. The second-order valence-electron chi connectivity index (χ2n) is 3.59. The highest BCUT2D eigenvalue weighted by Gasteiger charge is 2.18. The number of aliphatic hydroxyl groups is 1. The van der Waals surface area contributed by atoms with Gasteiger partial charge in [-0.3, -0.25) is 4.90 Å². The lowest BCUT2D eigenvalue weighted by molar-refractivity contribution is -0.0528. The summed E-state index contributed by atoms with van der Waals surface area (Å²) in [7, 11) is 0. The first-order chi connectivity index (χ1) is 6.86. The Morgan fingerprint density at radius 3 is 3.07 bits per heavy atom. The maximum absolute atomic E-state index is 8.92. The van der Waals surface area contributed by atoms with Crippen LogP contribution in [0.5, 0.6) is 0 Å². The Morgan fingerprint density at radius 1 is 1.50 bits per heavy atom. The van der Waals surface area contributed by atoms with Crippen LogP contribution in [0.3, 0.4) is 0 Å². The van der Waals surface area contributed by atoms with Crippen molar-refractivity contribution in [2.75, 3.05) is 32.8 Å². The molecule has 4 heteroatoms. The summed E-state index contributed by atoms with van der Waals surface area (Å²) >= 11 is 0. The van der Waals surface area contributed by atoms with Crippen LogP contribution in [0.2, 0.25) is 0 Å². The fourth-order valence-corrected chi connectivity index (χ4v) is 1.63. The fraction of sp³-hybridized carbons (Fsp3) is 0.900. The highest BCUT2D eigenvalue weighted by molar-refractivity contribution is 4.72. The smallest absolute Gasteiger partial charge is 0.0932 e. The molecule has 0 aromatic heterocycles. The minimum absolute atomic E-state index is 0.0142. The molecule has 0 radical (unpaired) electrons. The standard InChI is InChI=1S/C10H18N2O2/c11-4-2-1-3-5-12-6-7-14-10(8-12)9-13/h10,13H,1-3,5-9H2.